The SMILES string of the molecule is C#CC(=C)C(C1=CC=C(C=C)CC1)c1ccc(C(C)(C)c2ccc(C)cc2)cc1.C=CC.C=CC1C(C)(C)C(c2ccc(CC)cc2)C1(C)C.CC.CC.CC.CCC. The van der Waals surface area contributed by atoms with Crippen LogP contribution in [0.4, 0.5) is 0 Å². The van der Waals surface area contributed by atoms with Crippen molar-refractivity contribution in [1.82, 2.24) is 0 Å². The Kier molecular flexibility index (Phi) is 27.9. The van der Waals surface area contributed by atoms with Gasteiger partial charge in [0.2, 0.25) is 0 Å². The minimum Gasteiger partial charge on any atom is -0.115 e. The lowest BCUT2D eigenvalue weighted by Crippen LogP contribution is -2.56. The molecular weight excluding hydrogens is 709 g/mol. The Bertz CT molecular complexity index is 1720. The molecule has 0 saturated heterocycles. The van der Waals surface area contributed by atoms with E-state index in [2.05, 4.69) is 192 Å². The number of rotatable bonds is 9. The first-order chi connectivity index (χ1) is 28.0. The van der Waals surface area contributed by atoms with E-state index >= 15 is 0 Å². The average Bonchev–Trinajstić information content (AvgIpc) is 3.24. The molecule has 1 atom stereocenters. The smallest absolute Gasteiger partial charge is 0.0375 e. The summed E-state index contributed by atoms with van der Waals surface area (Å²) in [5.74, 6) is 4.08. The summed E-state index contributed by atoms with van der Waals surface area (Å²) in [6.45, 7) is 52.0. The number of hydrogen-bond acceptors (Lipinski definition) is 0. The van der Waals surface area contributed by atoms with Crippen LogP contribution in [0, 0.1) is 36.0 Å². The van der Waals surface area contributed by atoms with Crippen molar-refractivity contribution in [1.29, 1.82) is 0 Å². The molecule has 0 N–H and O–H groups in total. The summed E-state index contributed by atoms with van der Waals surface area (Å²) in [4.78, 5) is 0. The van der Waals surface area contributed by atoms with Crippen molar-refractivity contribution in [2.75, 3.05) is 0 Å². The molecular formula is C59H88. The van der Waals surface area contributed by atoms with E-state index in [-0.39, 0.29) is 11.3 Å². The van der Waals surface area contributed by atoms with Crippen molar-refractivity contribution in [3.8, 4) is 12.3 Å². The van der Waals surface area contributed by atoms with E-state index in [4.69, 9.17) is 6.42 Å². The topological polar surface area (TPSA) is 0 Å². The van der Waals surface area contributed by atoms with Gasteiger partial charge in [-0.05, 0) is 89.2 Å². The van der Waals surface area contributed by atoms with Gasteiger partial charge in [0.15, 0.2) is 0 Å². The molecule has 0 amide bonds. The van der Waals surface area contributed by atoms with Crippen molar-refractivity contribution in [2.45, 2.75) is 161 Å². The maximum atomic E-state index is 5.75. The molecule has 0 heteroatoms. The summed E-state index contributed by atoms with van der Waals surface area (Å²) in [6.07, 6.45) is 20.3. The molecule has 1 unspecified atom stereocenters. The highest BCUT2D eigenvalue weighted by Crippen LogP contribution is 2.68. The Morgan fingerprint density at radius 2 is 1.20 bits per heavy atom. The third-order valence-electron chi connectivity index (χ3n) is 11.2. The van der Waals surface area contributed by atoms with Gasteiger partial charge >= 0.3 is 0 Å². The predicted molar refractivity (Wildman–Crippen MR) is 272 cm³/mol. The number of aryl methyl sites for hydroxylation is 2. The van der Waals surface area contributed by atoms with Gasteiger partial charge in [-0.1, -0.05) is 244 Å². The molecule has 0 nitrogen and oxygen atoms in total. The van der Waals surface area contributed by atoms with Gasteiger partial charge in [0.05, 0.1) is 0 Å². The normalized spacial score (nSPS) is 16.9. The van der Waals surface area contributed by atoms with E-state index in [9.17, 15) is 0 Å². The van der Waals surface area contributed by atoms with E-state index in [1.165, 1.54) is 50.9 Å². The molecule has 0 aromatic heterocycles. The number of allylic oxidation sites excluding steroid dienone is 8. The van der Waals surface area contributed by atoms with Gasteiger partial charge in [-0.2, -0.15) is 0 Å². The highest BCUT2D eigenvalue weighted by atomic mass is 14.6. The van der Waals surface area contributed by atoms with Crippen LogP contribution in [0.25, 0.3) is 0 Å². The van der Waals surface area contributed by atoms with Gasteiger partial charge < -0.3 is 0 Å². The first-order valence-corrected chi connectivity index (χ1v) is 22.7. The molecule has 2 aliphatic rings. The molecule has 1 saturated carbocycles. The summed E-state index contributed by atoms with van der Waals surface area (Å²) < 4.78 is 0. The lowest BCUT2D eigenvalue weighted by atomic mass is 9.40. The second kappa shape index (κ2) is 29.0. The summed E-state index contributed by atoms with van der Waals surface area (Å²) >= 11 is 0. The maximum absolute atomic E-state index is 5.75. The van der Waals surface area contributed by atoms with Gasteiger partial charge in [0.1, 0.15) is 0 Å². The molecule has 0 radical (unpaired) electrons. The Labute approximate surface area is 367 Å². The van der Waals surface area contributed by atoms with Crippen LogP contribution in [0.2, 0.25) is 0 Å². The molecule has 2 aliphatic carbocycles. The predicted octanol–water partition coefficient (Wildman–Crippen LogP) is 18.3. The largest absolute Gasteiger partial charge is 0.115 e. The zero-order valence-corrected chi connectivity index (χ0v) is 41.3. The maximum Gasteiger partial charge on any atom is 0.0375 e. The lowest BCUT2D eigenvalue weighted by Gasteiger charge is -2.64. The highest BCUT2D eigenvalue weighted by Gasteiger charge is 2.60. The monoisotopic (exact) mass is 797 g/mol. The van der Waals surface area contributed by atoms with Crippen molar-refractivity contribution >= 4 is 0 Å². The summed E-state index contributed by atoms with van der Waals surface area (Å²) in [6, 6.07) is 26.9. The van der Waals surface area contributed by atoms with Crippen LogP contribution in [0.3, 0.4) is 0 Å². The van der Waals surface area contributed by atoms with E-state index in [0.29, 0.717) is 22.7 Å². The van der Waals surface area contributed by atoms with Crippen LogP contribution < -0.4 is 0 Å². The fourth-order valence-electron chi connectivity index (χ4n) is 8.62. The van der Waals surface area contributed by atoms with Gasteiger partial charge in [-0.25, -0.2) is 0 Å². The van der Waals surface area contributed by atoms with Crippen LogP contribution in [0.1, 0.15) is 175 Å². The molecule has 59 heavy (non-hydrogen) atoms. The second-order valence-electron chi connectivity index (χ2n) is 16.4. The highest BCUT2D eigenvalue weighted by molar-refractivity contribution is 5.49. The molecule has 5 rings (SSSR count). The van der Waals surface area contributed by atoms with Crippen LogP contribution in [-0.4, -0.2) is 0 Å². The minimum absolute atomic E-state index is 0.0590. The van der Waals surface area contributed by atoms with Crippen LogP contribution in [0.5, 0.6) is 0 Å². The third kappa shape index (κ3) is 15.6. The number of hydrogen-bond donors (Lipinski definition) is 0. The molecule has 324 valence electrons. The third-order valence-corrected chi connectivity index (χ3v) is 11.2. The molecule has 0 heterocycles. The molecule has 0 aliphatic heterocycles. The minimum atomic E-state index is -0.0590. The quantitative estimate of drug-likeness (QED) is 0.149. The zero-order valence-electron chi connectivity index (χ0n) is 41.3. The van der Waals surface area contributed by atoms with Crippen LogP contribution in [0.15, 0.2) is 146 Å². The van der Waals surface area contributed by atoms with E-state index in [1.807, 2.05) is 54.5 Å². The first kappa shape index (κ1) is 56.8. The van der Waals surface area contributed by atoms with Crippen LogP contribution >= 0.6 is 0 Å². The molecule has 0 spiro atoms. The molecule has 3 aromatic rings. The van der Waals surface area contributed by atoms with Gasteiger partial charge in [0, 0.05) is 16.9 Å². The lowest BCUT2D eigenvalue weighted by molar-refractivity contribution is -0.0843. The van der Waals surface area contributed by atoms with Gasteiger partial charge in [-0.3, -0.25) is 0 Å². The molecule has 3 aromatic carbocycles. The summed E-state index contributed by atoms with van der Waals surface area (Å²) in [7, 11) is 0. The Morgan fingerprint density at radius 3 is 1.56 bits per heavy atom. The van der Waals surface area contributed by atoms with Crippen molar-refractivity contribution in [2.24, 2.45) is 16.7 Å². The average molecular weight is 797 g/mol. The molecule has 1 fully saturated rings. The van der Waals surface area contributed by atoms with Gasteiger partial charge in [0.25, 0.3) is 0 Å². The fourth-order valence-corrected chi connectivity index (χ4v) is 8.62. The second-order valence-corrected chi connectivity index (χ2v) is 16.4. The van der Waals surface area contributed by atoms with Crippen molar-refractivity contribution < 1.29 is 0 Å². The van der Waals surface area contributed by atoms with Crippen molar-refractivity contribution in [3.63, 3.8) is 0 Å². The first-order valence-electron chi connectivity index (χ1n) is 22.7. The van der Waals surface area contributed by atoms with E-state index in [0.717, 1.165) is 24.8 Å². The number of benzene rings is 3. The van der Waals surface area contributed by atoms with Gasteiger partial charge in [-0.15, -0.1) is 19.6 Å². The Hall–Kier alpha value is -4.34. The Morgan fingerprint density at radius 1 is 0.763 bits per heavy atom. The van der Waals surface area contributed by atoms with E-state index < -0.39 is 0 Å². The summed E-state index contributed by atoms with van der Waals surface area (Å²) in [5.41, 5.74) is 12.0. The van der Waals surface area contributed by atoms with Crippen molar-refractivity contribution in [3.05, 3.63) is 180 Å². The number of terminal acetylenes is 1. The molecule has 0 bridgehead atoms. The zero-order chi connectivity index (χ0) is 46.0. The van der Waals surface area contributed by atoms with Crippen LogP contribution in [-0.2, 0) is 11.8 Å². The fraction of sp³-hybridized carbons (Fsp3) is 0.458. The standard InChI is InChI=1S/C29H30.C18H26.C3H8.C3H6.3C2H6/c1-7-22(4)28(24-13-11-23(8-2)12-14-24)25-15-19-27(20-16-25)29(5,6)26-17-9-21(3)10-18-26;1-7-13-9-11-14(12-10-13)16-17(3,4)15(8-2)18(16,5)6;2*1-3-2;3*1-2/h1,8-11,13,15-20,28H,2,4,12,14H2,3,5-6H3;8-12,15-16H,2,7H2,1,3-6H3;3H2,1-2H3;3H,1H2,2H3;3*1-2H3. The summed E-state index contributed by atoms with van der Waals surface area (Å²) in [5, 5.41) is 0. The van der Waals surface area contributed by atoms with E-state index in [1.54, 1.807) is 6.08 Å². The Balaban J connectivity index is 0.